The highest BCUT2D eigenvalue weighted by Gasteiger charge is 2.13. The van der Waals surface area contributed by atoms with Crippen LogP contribution in [-0.2, 0) is 9.53 Å². The summed E-state index contributed by atoms with van der Waals surface area (Å²) in [4.78, 5) is 11.2. The van der Waals surface area contributed by atoms with E-state index in [0.717, 1.165) is 6.42 Å². The van der Waals surface area contributed by atoms with Crippen molar-refractivity contribution in [2.24, 2.45) is 5.92 Å². The largest absolute Gasteiger partial charge is 0.463 e. The molecule has 0 fully saturated rings. The van der Waals surface area contributed by atoms with Gasteiger partial charge in [-0.3, -0.25) is 4.79 Å². The third kappa shape index (κ3) is 16.9. The highest BCUT2D eigenvalue weighted by atomic mass is 16.5. The van der Waals surface area contributed by atoms with E-state index in [-0.39, 0.29) is 18.5 Å². The van der Waals surface area contributed by atoms with Crippen molar-refractivity contribution in [3.63, 3.8) is 0 Å². The quantitative estimate of drug-likeness (QED) is 0.424. The zero-order valence-corrected chi connectivity index (χ0v) is 13.3. The van der Waals surface area contributed by atoms with E-state index in [9.17, 15) is 9.90 Å². The number of esters is 1. The van der Waals surface area contributed by atoms with Gasteiger partial charge in [0.05, 0.1) is 12.5 Å². The van der Waals surface area contributed by atoms with E-state index < -0.39 is 6.10 Å². The van der Waals surface area contributed by atoms with Crippen molar-refractivity contribution in [3.8, 4) is 12.3 Å². The molecule has 0 amide bonds. The first kappa shape index (κ1) is 23.1. The molecule has 4 heteroatoms. The van der Waals surface area contributed by atoms with Crippen LogP contribution in [0.3, 0.4) is 0 Å². The number of aliphatic hydroxyl groups is 1. The zero-order chi connectivity index (χ0) is 15.7. The molecule has 19 heavy (non-hydrogen) atoms. The highest BCUT2D eigenvalue weighted by molar-refractivity contribution is 5.71. The molecule has 0 radical (unpaired) electrons. The molecule has 0 aromatic heterocycles. The summed E-state index contributed by atoms with van der Waals surface area (Å²) < 4.78 is 4.91. The molecule has 114 valence electrons. The third-order valence-electron chi connectivity index (χ3n) is 2.04. The second kappa shape index (κ2) is 19.3. The summed E-state index contributed by atoms with van der Waals surface area (Å²) in [5, 5.41) is 12.2. The average Bonchev–Trinajstić information content (AvgIpc) is 2.48. The Labute approximate surface area is 118 Å². The van der Waals surface area contributed by atoms with Crippen LogP contribution in [0.4, 0.5) is 0 Å². The third-order valence-corrected chi connectivity index (χ3v) is 2.04. The smallest absolute Gasteiger partial charge is 0.308 e. The van der Waals surface area contributed by atoms with Crippen LogP contribution in [0.15, 0.2) is 0 Å². The lowest BCUT2D eigenvalue weighted by Gasteiger charge is -2.13. The Balaban J connectivity index is -0.000000579. The van der Waals surface area contributed by atoms with E-state index in [0.29, 0.717) is 13.1 Å². The fraction of sp³-hybridized carbons (Fsp3) is 0.800. The molecule has 0 saturated heterocycles. The molecule has 0 rings (SSSR count). The van der Waals surface area contributed by atoms with E-state index in [1.165, 1.54) is 0 Å². The van der Waals surface area contributed by atoms with Gasteiger partial charge in [0.15, 0.2) is 0 Å². The second-order valence-corrected chi connectivity index (χ2v) is 3.43. The van der Waals surface area contributed by atoms with Crippen LogP contribution < -0.4 is 5.32 Å². The van der Waals surface area contributed by atoms with Crippen molar-refractivity contribution in [3.05, 3.63) is 0 Å². The Bertz CT molecular complexity index is 224. The summed E-state index contributed by atoms with van der Waals surface area (Å²) in [7, 11) is 0. The Morgan fingerprint density at radius 3 is 2.32 bits per heavy atom. The van der Waals surface area contributed by atoms with Gasteiger partial charge in [-0.2, -0.15) is 0 Å². The predicted molar refractivity (Wildman–Crippen MR) is 80.8 cm³/mol. The normalized spacial score (nSPS) is 11.7. The number of nitrogens with one attached hydrogen (secondary N) is 1. The molecular weight excluding hydrogens is 242 g/mol. The SMILES string of the molecule is C#CCNCC(O)COC(=O)C(C)CC.CC.CC. The lowest BCUT2D eigenvalue weighted by Crippen LogP contribution is -2.32. The van der Waals surface area contributed by atoms with Gasteiger partial charge in [0, 0.05) is 6.54 Å². The monoisotopic (exact) mass is 273 g/mol. The predicted octanol–water partition coefficient (Wildman–Crippen LogP) is 2.21. The average molecular weight is 273 g/mol. The van der Waals surface area contributed by atoms with Gasteiger partial charge in [0.1, 0.15) is 12.7 Å². The lowest BCUT2D eigenvalue weighted by molar-refractivity contribution is -0.150. The maximum absolute atomic E-state index is 11.2. The first-order valence-corrected chi connectivity index (χ1v) is 7.10. The summed E-state index contributed by atoms with van der Waals surface area (Å²) in [5.74, 6) is 2.00. The van der Waals surface area contributed by atoms with Gasteiger partial charge in [-0.1, -0.05) is 47.5 Å². The summed E-state index contributed by atoms with van der Waals surface area (Å²) in [5.41, 5.74) is 0. The molecule has 0 aliphatic carbocycles. The molecule has 0 saturated carbocycles. The van der Waals surface area contributed by atoms with Gasteiger partial charge >= 0.3 is 5.97 Å². The van der Waals surface area contributed by atoms with Crippen molar-refractivity contribution in [2.75, 3.05) is 19.7 Å². The molecule has 2 atom stereocenters. The van der Waals surface area contributed by atoms with Crippen molar-refractivity contribution in [2.45, 2.75) is 54.1 Å². The lowest BCUT2D eigenvalue weighted by atomic mass is 10.1. The summed E-state index contributed by atoms with van der Waals surface area (Å²) in [6, 6.07) is 0. The maximum atomic E-state index is 11.2. The van der Waals surface area contributed by atoms with Gasteiger partial charge in [0.25, 0.3) is 0 Å². The summed E-state index contributed by atoms with van der Waals surface area (Å²) in [6.07, 6.45) is 5.05. The van der Waals surface area contributed by atoms with Crippen LogP contribution in [0.25, 0.3) is 0 Å². The minimum atomic E-state index is -0.702. The van der Waals surface area contributed by atoms with Crippen LogP contribution >= 0.6 is 0 Å². The van der Waals surface area contributed by atoms with E-state index in [1.54, 1.807) is 6.92 Å². The van der Waals surface area contributed by atoms with Gasteiger partial charge in [-0.05, 0) is 6.42 Å². The number of terminal acetylenes is 1. The van der Waals surface area contributed by atoms with Crippen LogP contribution in [0, 0.1) is 18.3 Å². The van der Waals surface area contributed by atoms with Crippen molar-refractivity contribution < 1.29 is 14.6 Å². The zero-order valence-electron chi connectivity index (χ0n) is 13.3. The highest BCUT2D eigenvalue weighted by Crippen LogP contribution is 2.03. The van der Waals surface area contributed by atoms with Crippen LogP contribution in [0.1, 0.15) is 48.0 Å². The van der Waals surface area contributed by atoms with E-state index in [4.69, 9.17) is 11.2 Å². The molecule has 0 aliphatic heterocycles. The fourth-order valence-corrected chi connectivity index (χ4v) is 0.857. The van der Waals surface area contributed by atoms with Gasteiger partial charge in [-0.25, -0.2) is 0 Å². The molecule has 0 bridgehead atoms. The number of carbonyl (C=O) groups is 1. The van der Waals surface area contributed by atoms with Crippen LogP contribution in [-0.4, -0.2) is 36.9 Å². The topological polar surface area (TPSA) is 58.6 Å². The van der Waals surface area contributed by atoms with Crippen molar-refractivity contribution in [1.29, 1.82) is 0 Å². The minimum absolute atomic E-state index is 0.0146. The standard InChI is InChI=1S/C11H19NO3.2C2H6/c1-4-6-12-7-10(13)8-15-11(14)9(3)5-2;2*1-2/h1,9-10,12-13H,5-8H2,2-3H3;2*1-2H3. The van der Waals surface area contributed by atoms with E-state index in [1.807, 2.05) is 34.6 Å². The second-order valence-electron chi connectivity index (χ2n) is 3.43. The molecular formula is C15H31NO3. The molecule has 4 nitrogen and oxygen atoms in total. The number of aliphatic hydroxyl groups excluding tert-OH is 1. The van der Waals surface area contributed by atoms with E-state index in [2.05, 4.69) is 11.2 Å². The van der Waals surface area contributed by atoms with Gasteiger partial charge < -0.3 is 15.2 Å². The van der Waals surface area contributed by atoms with Crippen LogP contribution in [0.5, 0.6) is 0 Å². The first-order valence-electron chi connectivity index (χ1n) is 7.10. The number of hydrogen-bond acceptors (Lipinski definition) is 4. The first-order chi connectivity index (χ1) is 9.11. The molecule has 0 aromatic carbocycles. The molecule has 0 aliphatic rings. The van der Waals surface area contributed by atoms with Gasteiger partial charge in [0.2, 0.25) is 0 Å². The summed E-state index contributed by atoms with van der Waals surface area (Å²) >= 11 is 0. The Kier molecular flexibility index (Phi) is 23.4. The fourth-order valence-electron chi connectivity index (χ4n) is 0.857. The maximum Gasteiger partial charge on any atom is 0.308 e. The summed E-state index contributed by atoms with van der Waals surface area (Å²) in [6.45, 7) is 12.5. The number of rotatable bonds is 7. The number of hydrogen-bond donors (Lipinski definition) is 2. The molecule has 0 spiro atoms. The minimum Gasteiger partial charge on any atom is -0.463 e. The van der Waals surface area contributed by atoms with Crippen molar-refractivity contribution >= 4 is 5.97 Å². The molecule has 0 aromatic rings. The number of ether oxygens (including phenoxy) is 1. The van der Waals surface area contributed by atoms with Crippen LogP contribution in [0.2, 0.25) is 0 Å². The van der Waals surface area contributed by atoms with E-state index >= 15 is 0 Å². The molecule has 0 heterocycles. The van der Waals surface area contributed by atoms with Gasteiger partial charge in [-0.15, -0.1) is 6.42 Å². The Hall–Kier alpha value is -1.05. The molecule has 2 N–H and O–H groups in total. The number of carbonyl (C=O) groups excluding carboxylic acids is 1. The van der Waals surface area contributed by atoms with Crippen molar-refractivity contribution in [1.82, 2.24) is 5.32 Å². The Morgan fingerprint density at radius 1 is 1.37 bits per heavy atom. The molecule has 2 unspecified atom stereocenters. The Morgan fingerprint density at radius 2 is 1.89 bits per heavy atom.